The molecule has 0 saturated carbocycles. The average molecular weight is 362 g/mol. The van der Waals surface area contributed by atoms with Crippen LogP contribution >= 0.6 is 0 Å². The Morgan fingerprint density at radius 1 is 1.46 bits per heavy atom. The van der Waals surface area contributed by atoms with E-state index >= 15 is 0 Å². The second-order valence-corrected chi connectivity index (χ2v) is 5.64. The highest BCUT2D eigenvalue weighted by atomic mass is 19.4. The van der Waals surface area contributed by atoms with Crippen molar-refractivity contribution < 1.29 is 23.1 Å². The van der Waals surface area contributed by atoms with Gasteiger partial charge in [0, 0.05) is 23.7 Å². The second kappa shape index (κ2) is 6.22. The van der Waals surface area contributed by atoms with Crippen LogP contribution in [0.25, 0.3) is 0 Å². The summed E-state index contributed by atoms with van der Waals surface area (Å²) in [4.78, 5) is 17.9. The standard InChI is InChI=1S/C17H13F3N4O2/c1-2-12-14(15(26)9-3-4-13(25)10(5-9)6-21)24-8-11(17(18,19)20)7-22-16(24)23-12/h3-5,7-8,16,23,25H,2H2,1H3. The fourth-order valence-corrected chi connectivity index (χ4v) is 2.72. The zero-order chi connectivity index (χ0) is 19.1. The number of Topliss-reactive ketones (excluding diaryl/α,β-unsaturated/α-hetero) is 1. The molecule has 1 atom stereocenters. The first kappa shape index (κ1) is 17.5. The summed E-state index contributed by atoms with van der Waals surface area (Å²) in [7, 11) is 0. The summed E-state index contributed by atoms with van der Waals surface area (Å²) in [5.41, 5.74) is -0.504. The van der Waals surface area contributed by atoms with Crippen LogP contribution in [0.5, 0.6) is 5.75 Å². The van der Waals surface area contributed by atoms with Crippen LogP contribution in [0.1, 0.15) is 29.3 Å². The maximum Gasteiger partial charge on any atom is 0.419 e. The van der Waals surface area contributed by atoms with Crippen molar-refractivity contribution in [3.63, 3.8) is 0 Å². The minimum atomic E-state index is -4.59. The van der Waals surface area contributed by atoms with E-state index in [0.29, 0.717) is 12.1 Å². The molecule has 0 amide bonds. The van der Waals surface area contributed by atoms with Gasteiger partial charge < -0.3 is 15.3 Å². The van der Waals surface area contributed by atoms with E-state index in [1.54, 1.807) is 13.0 Å². The Morgan fingerprint density at radius 2 is 2.19 bits per heavy atom. The van der Waals surface area contributed by atoms with Crippen molar-refractivity contribution in [2.24, 2.45) is 4.99 Å². The number of rotatable bonds is 3. The van der Waals surface area contributed by atoms with Gasteiger partial charge in [0.2, 0.25) is 5.78 Å². The normalized spacial score (nSPS) is 19.0. The molecule has 0 radical (unpaired) electrons. The minimum absolute atomic E-state index is 0.0330. The van der Waals surface area contributed by atoms with Gasteiger partial charge in [-0.25, -0.2) is 4.99 Å². The van der Waals surface area contributed by atoms with Gasteiger partial charge in [-0.15, -0.1) is 0 Å². The Labute approximate surface area is 146 Å². The van der Waals surface area contributed by atoms with Crippen molar-refractivity contribution in [2.75, 3.05) is 0 Å². The molecule has 0 spiro atoms. The molecule has 0 aromatic heterocycles. The van der Waals surface area contributed by atoms with Gasteiger partial charge in [0.15, 0.2) is 6.29 Å². The van der Waals surface area contributed by atoms with Crippen LogP contribution in [0.4, 0.5) is 13.2 Å². The summed E-state index contributed by atoms with van der Waals surface area (Å²) >= 11 is 0. The molecule has 2 aliphatic rings. The molecule has 3 rings (SSSR count). The lowest BCUT2D eigenvalue weighted by atomic mass is 10.0. The van der Waals surface area contributed by atoms with Gasteiger partial charge in [0.1, 0.15) is 17.5 Å². The number of aromatic hydroxyl groups is 1. The number of carbonyl (C=O) groups excluding carboxylic acids is 1. The van der Waals surface area contributed by atoms with Crippen LogP contribution in [0, 0.1) is 11.3 Å². The summed E-state index contributed by atoms with van der Waals surface area (Å²) in [5.74, 6) is -0.846. The van der Waals surface area contributed by atoms with E-state index in [4.69, 9.17) is 5.26 Å². The fourth-order valence-electron chi connectivity index (χ4n) is 2.72. The van der Waals surface area contributed by atoms with Gasteiger partial charge in [-0.3, -0.25) is 4.79 Å². The Bertz CT molecular complexity index is 910. The molecule has 0 saturated heterocycles. The van der Waals surface area contributed by atoms with Gasteiger partial charge in [-0.05, 0) is 24.6 Å². The van der Waals surface area contributed by atoms with Crippen molar-refractivity contribution in [1.29, 1.82) is 5.26 Å². The average Bonchev–Trinajstić information content (AvgIpc) is 2.98. The molecule has 0 fully saturated rings. The molecule has 1 aromatic carbocycles. The van der Waals surface area contributed by atoms with Gasteiger partial charge in [-0.2, -0.15) is 18.4 Å². The third-order valence-corrected chi connectivity index (χ3v) is 4.02. The van der Waals surface area contributed by atoms with Gasteiger partial charge >= 0.3 is 6.18 Å². The van der Waals surface area contributed by atoms with Crippen molar-refractivity contribution in [3.8, 4) is 11.8 Å². The van der Waals surface area contributed by atoms with Crippen LogP contribution < -0.4 is 5.32 Å². The van der Waals surface area contributed by atoms with E-state index in [2.05, 4.69) is 10.3 Å². The number of hydrogen-bond acceptors (Lipinski definition) is 6. The summed E-state index contributed by atoms with van der Waals surface area (Å²) in [5, 5.41) is 21.5. The zero-order valence-corrected chi connectivity index (χ0v) is 13.5. The van der Waals surface area contributed by atoms with E-state index < -0.39 is 23.8 Å². The molecule has 6 nitrogen and oxygen atoms in total. The number of hydrogen-bond donors (Lipinski definition) is 2. The maximum absolute atomic E-state index is 13.0. The number of benzene rings is 1. The van der Waals surface area contributed by atoms with E-state index in [0.717, 1.165) is 17.3 Å². The van der Waals surface area contributed by atoms with Crippen LogP contribution in [-0.4, -0.2) is 34.5 Å². The first-order valence-corrected chi connectivity index (χ1v) is 7.64. The van der Waals surface area contributed by atoms with E-state index in [1.807, 2.05) is 0 Å². The van der Waals surface area contributed by atoms with Crippen LogP contribution in [-0.2, 0) is 0 Å². The predicted octanol–water partition coefficient (Wildman–Crippen LogP) is 2.79. The number of phenols is 1. The molecule has 0 bridgehead atoms. The summed E-state index contributed by atoms with van der Waals surface area (Å²) < 4.78 is 39.0. The highest BCUT2D eigenvalue weighted by Crippen LogP contribution is 2.34. The smallest absolute Gasteiger partial charge is 0.419 e. The van der Waals surface area contributed by atoms with Crippen molar-refractivity contribution in [3.05, 3.63) is 52.5 Å². The van der Waals surface area contributed by atoms with Crippen molar-refractivity contribution >= 4 is 12.0 Å². The molecule has 1 unspecified atom stereocenters. The van der Waals surface area contributed by atoms with Crippen LogP contribution in [0.3, 0.4) is 0 Å². The summed E-state index contributed by atoms with van der Waals surface area (Å²) in [6, 6.07) is 5.47. The number of aliphatic imine (C=N–C) groups is 1. The number of nitriles is 1. The number of halogens is 3. The number of ketones is 1. The largest absolute Gasteiger partial charge is 0.507 e. The number of carbonyl (C=O) groups is 1. The highest BCUT2D eigenvalue weighted by Gasteiger charge is 2.40. The number of allylic oxidation sites excluding steroid dienone is 3. The number of alkyl halides is 3. The fraction of sp³-hybridized carbons (Fsp3) is 0.235. The van der Waals surface area contributed by atoms with Gasteiger partial charge in [-0.1, -0.05) is 6.92 Å². The molecular formula is C17H13F3N4O2. The summed E-state index contributed by atoms with van der Waals surface area (Å²) in [6.45, 7) is 1.75. The molecule has 0 aliphatic carbocycles. The van der Waals surface area contributed by atoms with E-state index in [-0.39, 0.29) is 22.6 Å². The first-order chi connectivity index (χ1) is 12.3. The molecule has 2 aliphatic heterocycles. The zero-order valence-electron chi connectivity index (χ0n) is 13.5. The third-order valence-electron chi connectivity index (χ3n) is 4.02. The lowest BCUT2D eigenvalue weighted by Gasteiger charge is -2.26. The Kier molecular flexibility index (Phi) is 4.20. The summed E-state index contributed by atoms with van der Waals surface area (Å²) in [6.07, 6.45) is -3.48. The van der Waals surface area contributed by atoms with Gasteiger partial charge in [0.25, 0.3) is 0 Å². The molecule has 134 valence electrons. The lowest BCUT2D eigenvalue weighted by Crippen LogP contribution is -2.37. The predicted molar refractivity (Wildman–Crippen MR) is 85.9 cm³/mol. The van der Waals surface area contributed by atoms with Crippen molar-refractivity contribution in [1.82, 2.24) is 10.2 Å². The van der Waals surface area contributed by atoms with E-state index in [1.165, 1.54) is 18.2 Å². The molecular weight excluding hydrogens is 349 g/mol. The topological polar surface area (TPSA) is 88.7 Å². The van der Waals surface area contributed by atoms with E-state index in [9.17, 15) is 23.1 Å². The highest BCUT2D eigenvalue weighted by molar-refractivity contribution is 6.09. The Balaban J connectivity index is 2.04. The monoisotopic (exact) mass is 362 g/mol. The maximum atomic E-state index is 13.0. The quantitative estimate of drug-likeness (QED) is 0.807. The molecule has 2 heterocycles. The van der Waals surface area contributed by atoms with Crippen LogP contribution in [0.2, 0.25) is 0 Å². The number of nitrogens with zero attached hydrogens (tertiary/aromatic N) is 3. The van der Waals surface area contributed by atoms with Crippen molar-refractivity contribution in [2.45, 2.75) is 25.8 Å². The van der Waals surface area contributed by atoms with Gasteiger partial charge in [0.05, 0.1) is 11.1 Å². The lowest BCUT2D eigenvalue weighted by molar-refractivity contribution is -0.0870. The van der Waals surface area contributed by atoms with Crippen LogP contribution in [0.15, 0.2) is 46.4 Å². The third kappa shape index (κ3) is 2.90. The Hall–Kier alpha value is -3.28. The molecule has 1 aromatic rings. The SMILES string of the molecule is CCC1=C(C(=O)c2ccc(O)c(C#N)c2)N2C=C(C(F)(F)F)C=NC2N1. The molecule has 26 heavy (non-hydrogen) atoms. The molecule has 9 heteroatoms. The number of fused-ring (bicyclic) bond motifs is 1. The first-order valence-electron chi connectivity index (χ1n) is 7.64. The molecule has 2 N–H and O–H groups in total. The Morgan fingerprint density at radius 3 is 2.81 bits per heavy atom. The number of nitrogens with one attached hydrogen (secondary N) is 1. The minimum Gasteiger partial charge on any atom is -0.507 e. The number of phenolic OH excluding ortho intramolecular Hbond substituents is 1. The second-order valence-electron chi connectivity index (χ2n) is 5.64.